The average molecular weight is 319 g/mol. The maximum Gasteiger partial charge on any atom is 0.121 e. The molecule has 2 aromatic carbocycles. The number of hydrogen-bond acceptors (Lipinski definition) is 3. The van der Waals surface area contributed by atoms with E-state index in [9.17, 15) is 0 Å². The summed E-state index contributed by atoms with van der Waals surface area (Å²) in [5.41, 5.74) is 10.5. The third-order valence-corrected chi connectivity index (χ3v) is 4.12. The average Bonchev–Trinajstić information content (AvgIpc) is 2.82. The van der Waals surface area contributed by atoms with Gasteiger partial charge in [0.25, 0.3) is 0 Å². The van der Waals surface area contributed by atoms with E-state index in [1.165, 1.54) is 11.1 Å². The molecular weight excluding hydrogens is 304 g/mol. The normalized spacial score (nSPS) is 13.5. The predicted molar refractivity (Wildman–Crippen MR) is 81.4 cm³/mol. The molecule has 0 aliphatic carbocycles. The highest BCUT2D eigenvalue weighted by molar-refractivity contribution is 9.10. The zero-order valence-corrected chi connectivity index (χ0v) is 12.3. The summed E-state index contributed by atoms with van der Waals surface area (Å²) in [6.07, 6.45) is 0. The van der Waals surface area contributed by atoms with Crippen molar-refractivity contribution in [2.45, 2.75) is 13.1 Å². The summed E-state index contributed by atoms with van der Waals surface area (Å²) >= 11 is 3.61. The summed E-state index contributed by atoms with van der Waals surface area (Å²) in [7, 11) is 1.69. The molecule has 3 nitrogen and oxygen atoms in total. The molecule has 0 amide bonds. The van der Waals surface area contributed by atoms with Gasteiger partial charge in [0.05, 0.1) is 12.8 Å². The second kappa shape index (κ2) is 4.78. The largest absolute Gasteiger partial charge is 0.497 e. The minimum absolute atomic E-state index is 0.824. The first-order chi connectivity index (χ1) is 9.17. The molecule has 0 spiro atoms. The molecule has 4 heteroatoms. The van der Waals surface area contributed by atoms with Gasteiger partial charge in [0.2, 0.25) is 0 Å². The number of fused-ring (bicyclic) bond motifs is 1. The van der Waals surface area contributed by atoms with Crippen molar-refractivity contribution in [3.8, 4) is 5.75 Å². The Kier molecular flexibility index (Phi) is 3.11. The number of methoxy groups -OCH3 is 1. The standard InChI is InChI=1S/C15H15BrN2O/c1-19-13-4-5-14(16)15(7-13)18-8-10-2-3-12(17)6-11(10)9-18/h2-7H,8-9,17H2,1H3. The molecule has 2 aromatic rings. The Hall–Kier alpha value is -1.68. The molecular formula is C15H15BrN2O. The van der Waals surface area contributed by atoms with Crippen molar-refractivity contribution in [3.63, 3.8) is 0 Å². The highest BCUT2D eigenvalue weighted by Gasteiger charge is 2.21. The van der Waals surface area contributed by atoms with Gasteiger partial charge >= 0.3 is 0 Å². The van der Waals surface area contributed by atoms with Crippen LogP contribution in [0, 0.1) is 0 Å². The fourth-order valence-corrected chi connectivity index (χ4v) is 2.94. The summed E-state index contributed by atoms with van der Waals surface area (Å²) in [6.45, 7) is 1.79. The topological polar surface area (TPSA) is 38.5 Å². The Morgan fingerprint density at radius 2 is 1.89 bits per heavy atom. The highest BCUT2D eigenvalue weighted by atomic mass is 79.9. The van der Waals surface area contributed by atoms with Gasteiger partial charge in [0.15, 0.2) is 0 Å². The van der Waals surface area contributed by atoms with Crippen molar-refractivity contribution in [1.82, 2.24) is 0 Å². The number of halogens is 1. The van der Waals surface area contributed by atoms with Crippen LogP contribution < -0.4 is 15.4 Å². The predicted octanol–water partition coefficient (Wildman–Crippen LogP) is 3.56. The van der Waals surface area contributed by atoms with E-state index in [0.717, 1.165) is 34.7 Å². The molecule has 0 saturated carbocycles. The molecule has 0 aromatic heterocycles. The molecule has 19 heavy (non-hydrogen) atoms. The molecule has 0 radical (unpaired) electrons. The van der Waals surface area contributed by atoms with Crippen LogP contribution >= 0.6 is 15.9 Å². The number of nitrogens with zero attached hydrogens (tertiary/aromatic N) is 1. The number of hydrogen-bond donors (Lipinski definition) is 1. The van der Waals surface area contributed by atoms with Crippen molar-refractivity contribution in [2.75, 3.05) is 17.7 Å². The van der Waals surface area contributed by atoms with Crippen LogP contribution in [0.15, 0.2) is 40.9 Å². The number of benzene rings is 2. The Labute approximate surface area is 121 Å². The van der Waals surface area contributed by atoms with Crippen LogP contribution in [0.2, 0.25) is 0 Å². The van der Waals surface area contributed by atoms with Crippen molar-refractivity contribution < 1.29 is 4.74 Å². The van der Waals surface area contributed by atoms with Gasteiger partial charge in [0.1, 0.15) is 5.75 Å². The van der Waals surface area contributed by atoms with Crippen LogP contribution in [-0.2, 0) is 13.1 Å². The summed E-state index contributed by atoms with van der Waals surface area (Å²) in [5.74, 6) is 0.869. The van der Waals surface area contributed by atoms with Crippen molar-refractivity contribution >= 4 is 27.3 Å². The van der Waals surface area contributed by atoms with Crippen molar-refractivity contribution in [3.05, 3.63) is 52.0 Å². The van der Waals surface area contributed by atoms with E-state index < -0.39 is 0 Å². The number of nitrogens with two attached hydrogens (primary N) is 1. The first-order valence-electron chi connectivity index (χ1n) is 6.13. The molecule has 0 unspecified atom stereocenters. The summed E-state index contributed by atoms with van der Waals surface area (Å²) in [6, 6.07) is 12.2. The lowest BCUT2D eigenvalue weighted by molar-refractivity contribution is 0.414. The van der Waals surface area contributed by atoms with E-state index in [-0.39, 0.29) is 0 Å². The Bertz CT molecular complexity index is 628. The lowest BCUT2D eigenvalue weighted by atomic mass is 10.1. The van der Waals surface area contributed by atoms with Crippen molar-refractivity contribution in [2.24, 2.45) is 0 Å². The molecule has 0 saturated heterocycles. The van der Waals surface area contributed by atoms with Gasteiger partial charge in [-0.05, 0) is 51.3 Å². The second-order valence-electron chi connectivity index (χ2n) is 4.70. The van der Waals surface area contributed by atoms with E-state index in [2.05, 4.69) is 39.0 Å². The zero-order valence-electron chi connectivity index (χ0n) is 10.7. The molecule has 2 N–H and O–H groups in total. The highest BCUT2D eigenvalue weighted by Crippen LogP contribution is 2.36. The van der Waals surface area contributed by atoms with Gasteiger partial charge in [-0.2, -0.15) is 0 Å². The van der Waals surface area contributed by atoms with Gasteiger partial charge in [-0.1, -0.05) is 6.07 Å². The number of anilines is 2. The summed E-state index contributed by atoms with van der Waals surface area (Å²) < 4.78 is 6.38. The summed E-state index contributed by atoms with van der Waals surface area (Å²) in [5, 5.41) is 0. The minimum atomic E-state index is 0.824. The number of nitrogen functional groups attached to an aromatic ring is 1. The fraction of sp³-hybridized carbons (Fsp3) is 0.200. The first-order valence-corrected chi connectivity index (χ1v) is 6.92. The Morgan fingerprint density at radius 1 is 1.11 bits per heavy atom. The van der Waals surface area contributed by atoms with Gasteiger partial charge < -0.3 is 15.4 Å². The van der Waals surface area contributed by atoms with E-state index >= 15 is 0 Å². The van der Waals surface area contributed by atoms with Crippen LogP contribution in [-0.4, -0.2) is 7.11 Å². The van der Waals surface area contributed by atoms with Gasteiger partial charge in [-0.15, -0.1) is 0 Å². The zero-order chi connectivity index (χ0) is 13.4. The second-order valence-corrected chi connectivity index (χ2v) is 5.56. The van der Waals surface area contributed by atoms with E-state index in [0.29, 0.717) is 0 Å². The first kappa shape index (κ1) is 12.4. The molecule has 0 fully saturated rings. The molecule has 3 rings (SSSR count). The Balaban J connectivity index is 1.94. The SMILES string of the molecule is COc1ccc(Br)c(N2Cc3ccc(N)cc3C2)c1. The van der Waals surface area contributed by atoms with E-state index in [4.69, 9.17) is 10.5 Å². The number of ether oxygens (including phenoxy) is 1. The summed E-state index contributed by atoms with van der Waals surface area (Å²) in [4.78, 5) is 2.32. The van der Waals surface area contributed by atoms with Crippen LogP contribution in [0.25, 0.3) is 0 Å². The lowest BCUT2D eigenvalue weighted by Gasteiger charge is -2.20. The van der Waals surface area contributed by atoms with Crippen LogP contribution in [0.1, 0.15) is 11.1 Å². The van der Waals surface area contributed by atoms with Gasteiger partial charge in [-0.3, -0.25) is 0 Å². The lowest BCUT2D eigenvalue weighted by Crippen LogP contribution is -2.15. The maximum atomic E-state index is 5.84. The van der Waals surface area contributed by atoms with Crippen LogP contribution in [0.4, 0.5) is 11.4 Å². The molecule has 98 valence electrons. The maximum absolute atomic E-state index is 5.84. The van der Waals surface area contributed by atoms with E-state index in [1.54, 1.807) is 7.11 Å². The third kappa shape index (κ3) is 2.28. The number of rotatable bonds is 2. The van der Waals surface area contributed by atoms with Gasteiger partial charge in [0, 0.05) is 29.3 Å². The monoisotopic (exact) mass is 318 g/mol. The molecule has 1 aliphatic heterocycles. The fourth-order valence-electron chi connectivity index (χ4n) is 2.45. The molecule has 1 heterocycles. The third-order valence-electron chi connectivity index (χ3n) is 3.45. The van der Waals surface area contributed by atoms with E-state index in [1.807, 2.05) is 18.2 Å². The van der Waals surface area contributed by atoms with Gasteiger partial charge in [-0.25, -0.2) is 0 Å². The molecule has 0 bridgehead atoms. The molecule has 1 aliphatic rings. The van der Waals surface area contributed by atoms with Crippen LogP contribution in [0.3, 0.4) is 0 Å². The van der Waals surface area contributed by atoms with Crippen molar-refractivity contribution in [1.29, 1.82) is 0 Å². The molecule has 0 atom stereocenters. The smallest absolute Gasteiger partial charge is 0.121 e. The van der Waals surface area contributed by atoms with Crippen LogP contribution in [0.5, 0.6) is 5.75 Å². The Morgan fingerprint density at radius 3 is 2.68 bits per heavy atom. The quantitative estimate of drug-likeness (QED) is 0.860. The minimum Gasteiger partial charge on any atom is -0.497 e.